The Balaban J connectivity index is 2.21. The van der Waals surface area contributed by atoms with Crippen LogP contribution in [0.15, 0.2) is 24.3 Å². The van der Waals surface area contributed by atoms with Crippen LogP contribution in [0, 0.1) is 5.41 Å². The molecule has 0 bridgehead atoms. The van der Waals surface area contributed by atoms with Crippen LogP contribution in [-0.2, 0) is 5.75 Å². The molecular formula is C11H15ClN2S. The molecule has 2 nitrogen and oxygen atoms in total. The third-order valence-electron chi connectivity index (χ3n) is 1.95. The van der Waals surface area contributed by atoms with E-state index in [-0.39, 0.29) is 5.84 Å². The number of hydrogen-bond acceptors (Lipinski definition) is 2. The lowest BCUT2D eigenvalue weighted by atomic mass is 10.2. The molecule has 0 saturated heterocycles. The van der Waals surface area contributed by atoms with E-state index in [0.29, 0.717) is 6.42 Å². The first-order chi connectivity index (χ1) is 7.20. The third kappa shape index (κ3) is 5.09. The second kappa shape index (κ2) is 6.75. The Labute approximate surface area is 99.7 Å². The highest BCUT2D eigenvalue weighted by atomic mass is 35.5. The van der Waals surface area contributed by atoms with Crippen molar-refractivity contribution in [3.05, 3.63) is 34.9 Å². The zero-order valence-corrected chi connectivity index (χ0v) is 10.1. The number of amidine groups is 1. The molecule has 0 amide bonds. The van der Waals surface area contributed by atoms with Crippen LogP contribution in [0.3, 0.4) is 0 Å². The summed E-state index contributed by atoms with van der Waals surface area (Å²) in [7, 11) is 0. The Morgan fingerprint density at radius 3 is 2.80 bits per heavy atom. The molecule has 4 heteroatoms. The summed E-state index contributed by atoms with van der Waals surface area (Å²) in [4.78, 5) is 0. The minimum Gasteiger partial charge on any atom is -0.388 e. The van der Waals surface area contributed by atoms with Gasteiger partial charge in [0, 0.05) is 17.2 Å². The highest BCUT2D eigenvalue weighted by Crippen LogP contribution is 2.21. The molecule has 0 atom stereocenters. The van der Waals surface area contributed by atoms with E-state index in [4.69, 9.17) is 22.7 Å². The maximum atomic E-state index is 7.08. The topological polar surface area (TPSA) is 49.9 Å². The Morgan fingerprint density at radius 1 is 1.40 bits per heavy atom. The predicted molar refractivity (Wildman–Crippen MR) is 68.8 cm³/mol. The van der Waals surface area contributed by atoms with E-state index < -0.39 is 0 Å². The molecular weight excluding hydrogens is 228 g/mol. The fraction of sp³-hybridized carbons (Fsp3) is 0.364. The molecule has 1 rings (SSSR count). The Hall–Kier alpha value is -0.670. The van der Waals surface area contributed by atoms with Crippen LogP contribution >= 0.6 is 23.4 Å². The smallest absolute Gasteiger partial charge is 0.0905 e. The van der Waals surface area contributed by atoms with Crippen LogP contribution in [-0.4, -0.2) is 11.6 Å². The maximum absolute atomic E-state index is 7.08. The number of hydrogen-bond donors (Lipinski definition) is 2. The van der Waals surface area contributed by atoms with Gasteiger partial charge < -0.3 is 5.73 Å². The van der Waals surface area contributed by atoms with E-state index in [9.17, 15) is 0 Å². The number of nitrogens with one attached hydrogen (secondary N) is 1. The van der Waals surface area contributed by atoms with E-state index in [1.165, 1.54) is 5.56 Å². The van der Waals surface area contributed by atoms with Gasteiger partial charge in [-0.05, 0) is 23.8 Å². The molecule has 0 radical (unpaired) electrons. The van der Waals surface area contributed by atoms with Crippen LogP contribution in [0.1, 0.15) is 18.4 Å². The molecule has 1 aromatic rings. The summed E-state index contributed by atoms with van der Waals surface area (Å²) < 4.78 is 0. The number of nitrogens with two attached hydrogens (primary N) is 1. The quantitative estimate of drug-likeness (QED) is 0.457. The normalized spacial score (nSPS) is 10.2. The summed E-state index contributed by atoms with van der Waals surface area (Å²) in [6.45, 7) is 0. The highest BCUT2D eigenvalue weighted by molar-refractivity contribution is 7.98. The van der Waals surface area contributed by atoms with Gasteiger partial charge in [-0.15, -0.1) is 0 Å². The van der Waals surface area contributed by atoms with Crippen LogP contribution < -0.4 is 5.73 Å². The van der Waals surface area contributed by atoms with Crippen LogP contribution in [0.5, 0.6) is 0 Å². The average Bonchev–Trinajstić information content (AvgIpc) is 2.20. The molecule has 1 aromatic carbocycles. The second-order valence-electron chi connectivity index (χ2n) is 3.27. The monoisotopic (exact) mass is 242 g/mol. The molecule has 0 saturated carbocycles. The molecule has 0 spiro atoms. The lowest BCUT2D eigenvalue weighted by molar-refractivity contribution is 0.988. The van der Waals surface area contributed by atoms with Crippen molar-refractivity contribution in [1.82, 2.24) is 0 Å². The van der Waals surface area contributed by atoms with Gasteiger partial charge >= 0.3 is 0 Å². The zero-order valence-electron chi connectivity index (χ0n) is 8.50. The van der Waals surface area contributed by atoms with Crippen molar-refractivity contribution < 1.29 is 0 Å². The Kier molecular flexibility index (Phi) is 5.58. The molecule has 0 heterocycles. The SMILES string of the molecule is N=C(N)CCCSCc1ccccc1Cl. The standard InChI is InChI=1S/C11H15ClN2S/c12-10-5-2-1-4-9(10)8-15-7-3-6-11(13)14/h1-2,4-5H,3,6-8H2,(H3,13,14). The van der Waals surface area contributed by atoms with E-state index in [2.05, 4.69) is 0 Å². The van der Waals surface area contributed by atoms with Gasteiger partial charge in [0.1, 0.15) is 0 Å². The van der Waals surface area contributed by atoms with Gasteiger partial charge in [0.15, 0.2) is 0 Å². The average molecular weight is 243 g/mol. The first kappa shape index (κ1) is 12.4. The van der Waals surface area contributed by atoms with Gasteiger partial charge in [0.2, 0.25) is 0 Å². The summed E-state index contributed by atoms with van der Waals surface area (Å²) in [5.74, 6) is 2.22. The van der Waals surface area contributed by atoms with Gasteiger partial charge in [-0.3, -0.25) is 5.41 Å². The van der Waals surface area contributed by atoms with Gasteiger partial charge in [0.05, 0.1) is 5.84 Å². The Morgan fingerprint density at radius 2 is 2.13 bits per heavy atom. The van der Waals surface area contributed by atoms with E-state index in [1.807, 2.05) is 36.0 Å². The van der Waals surface area contributed by atoms with Gasteiger partial charge in [-0.25, -0.2) is 0 Å². The minimum atomic E-state index is 0.272. The van der Waals surface area contributed by atoms with Gasteiger partial charge in [0.25, 0.3) is 0 Å². The third-order valence-corrected chi connectivity index (χ3v) is 3.41. The lowest BCUT2D eigenvalue weighted by Crippen LogP contribution is -2.08. The van der Waals surface area contributed by atoms with Crippen molar-refractivity contribution in [2.75, 3.05) is 5.75 Å². The first-order valence-corrected chi connectivity index (χ1v) is 6.37. The molecule has 0 fully saturated rings. The molecule has 0 unspecified atom stereocenters. The molecule has 0 aliphatic carbocycles. The van der Waals surface area contributed by atoms with Gasteiger partial charge in [-0.2, -0.15) is 11.8 Å². The van der Waals surface area contributed by atoms with E-state index in [0.717, 1.165) is 22.9 Å². The fourth-order valence-corrected chi connectivity index (χ4v) is 2.41. The summed E-state index contributed by atoms with van der Waals surface area (Å²) in [6.07, 6.45) is 1.65. The van der Waals surface area contributed by atoms with Crippen LogP contribution in [0.4, 0.5) is 0 Å². The Bertz CT molecular complexity index is 328. The fourth-order valence-electron chi connectivity index (χ4n) is 1.16. The second-order valence-corrected chi connectivity index (χ2v) is 4.79. The van der Waals surface area contributed by atoms with Crippen molar-refractivity contribution in [2.45, 2.75) is 18.6 Å². The number of benzene rings is 1. The van der Waals surface area contributed by atoms with Crippen molar-refractivity contribution in [3.63, 3.8) is 0 Å². The summed E-state index contributed by atoms with van der Waals surface area (Å²) in [5, 5.41) is 7.91. The largest absolute Gasteiger partial charge is 0.388 e. The van der Waals surface area contributed by atoms with Crippen molar-refractivity contribution in [1.29, 1.82) is 5.41 Å². The van der Waals surface area contributed by atoms with Gasteiger partial charge in [-0.1, -0.05) is 29.8 Å². The van der Waals surface area contributed by atoms with Crippen molar-refractivity contribution in [2.24, 2.45) is 5.73 Å². The molecule has 0 aromatic heterocycles. The summed E-state index contributed by atoms with van der Waals surface area (Å²) >= 11 is 7.85. The molecule has 0 aliphatic heterocycles. The van der Waals surface area contributed by atoms with E-state index >= 15 is 0 Å². The highest BCUT2D eigenvalue weighted by Gasteiger charge is 1.98. The van der Waals surface area contributed by atoms with Crippen molar-refractivity contribution >= 4 is 29.2 Å². The molecule has 82 valence electrons. The van der Waals surface area contributed by atoms with E-state index in [1.54, 1.807) is 0 Å². The summed E-state index contributed by atoms with van der Waals surface area (Å²) in [5.41, 5.74) is 6.44. The van der Waals surface area contributed by atoms with Crippen molar-refractivity contribution in [3.8, 4) is 0 Å². The maximum Gasteiger partial charge on any atom is 0.0905 e. The number of thioether (sulfide) groups is 1. The lowest BCUT2D eigenvalue weighted by Gasteiger charge is -2.03. The molecule has 15 heavy (non-hydrogen) atoms. The van der Waals surface area contributed by atoms with Crippen LogP contribution in [0.25, 0.3) is 0 Å². The predicted octanol–water partition coefficient (Wildman–Crippen LogP) is 3.29. The number of halogens is 1. The first-order valence-electron chi connectivity index (χ1n) is 4.84. The minimum absolute atomic E-state index is 0.272. The number of rotatable bonds is 6. The summed E-state index contributed by atoms with van der Waals surface area (Å²) in [6, 6.07) is 7.89. The molecule has 3 N–H and O–H groups in total. The molecule has 0 aliphatic rings. The zero-order chi connectivity index (χ0) is 11.1. The van der Waals surface area contributed by atoms with Crippen LogP contribution in [0.2, 0.25) is 5.02 Å².